The van der Waals surface area contributed by atoms with E-state index >= 15 is 0 Å². The standard InChI is InChI=1S/C11H15I/c1-8(2)10-6-4-5-7-11(10)9(3)12/h4-9H,1-3H3. The third-order valence-corrected chi connectivity index (χ3v) is 2.72. The Labute approximate surface area is 88.5 Å². The van der Waals surface area contributed by atoms with E-state index in [0.717, 1.165) is 0 Å². The van der Waals surface area contributed by atoms with E-state index < -0.39 is 0 Å². The van der Waals surface area contributed by atoms with Gasteiger partial charge in [-0.2, -0.15) is 0 Å². The van der Waals surface area contributed by atoms with Crippen molar-refractivity contribution in [3.63, 3.8) is 0 Å². The maximum atomic E-state index is 2.47. The van der Waals surface area contributed by atoms with Crippen LogP contribution in [0.15, 0.2) is 24.3 Å². The molecule has 1 unspecified atom stereocenters. The van der Waals surface area contributed by atoms with Crippen LogP contribution < -0.4 is 0 Å². The molecule has 66 valence electrons. The third kappa shape index (κ3) is 2.22. The van der Waals surface area contributed by atoms with Crippen LogP contribution in [0.2, 0.25) is 0 Å². The number of rotatable bonds is 2. The molecule has 0 saturated carbocycles. The van der Waals surface area contributed by atoms with E-state index in [1.54, 1.807) is 0 Å². The Morgan fingerprint density at radius 2 is 1.50 bits per heavy atom. The fourth-order valence-corrected chi connectivity index (χ4v) is 1.97. The summed E-state index contributed by atoms with van der Waals surface area (Å²) in [7, 11) is 0. The number of hydrogen-bond acceptors (Lipinski definition) is 0. The Hall–Kier alpha value is -0.0500. The van der Waals surface area contributed by atoms with Gasteiger partial charge in [0.2, 0.25) is 0 Å². The van der Waals surface area contributed by atoms with E-state index in [-0.39, 0.29) is 0 Å². The summed E-state index contributed by atoms with van der Waals surface area (Å²) in [6.45, 7) is 6.73. The quantitative estimate of drug-likeness (QED) is 0.557. The molecule has 12 heavy (non-hydrogen) atoms. The molecular weight excluding hydrogens is 259 g/mol. The summed E-state index contributed by atoms with van der Waals surface area (Å²) in [5.74, 6) is 0.637. The lowest BCUT2D eigenvalue weighted by Crippen LogP contribution is -1.95. The molecule has 0 aromatic heterocycles. The molecule has 0 aliphatic rings. The van der Waals surface area contributed by atoms with Crippen molar-refractivity contribution in [2.24, 2.45) is 0 Å². The Balaban J connectivity index is 3.09. The third-order valence-electron chi connectivity index (χ3n) is 2.05. The van der Waals surface area contributed by atoms with Gasteiger partial charge in [0, 0.05) is 3.92 Å². The smallest absolute Gasteiger partial charge is 0.0334 e. The summed E-state index contributed by atoms with van der Waals surface area (Å²) in [6, 6.07) is 8.70. The summed E-state index contributed by atoms with van der Waals surface area (Å²) in [5, 5.41) is 0. The molecule has 0 nitrogen and oxygen atoms in total. The van der Waals surface area contributed by atoms with Gasteiger partial charge in [0.1, 0.15) is 0 Å². The monoisotopic (exact) mass is 274 g/mol. The maximum absolute atomic E-state index is 2.47. The van der Waals surface area contributed by atoms with Crippen LogP contribution in [0.4, 0.5) is 0 Å². The molecule has 0 spiro atoms. The first-order valence-electron chi connectivity index (χ1n) is 4.35. The first-order chi connectivity index (χ1) is 5.63. The zero-order valence-electron chi connectivity index (χ0n) is 7.84. The van der Waals surface area contributed by atoms with Gasteiger partial charge in [-0.05, 0) is 24.0 Å². The van der Waals surface area contributed by atoms with Gasteiger partial charge in [-0.25, -0.2) is 0 Å². The lowest BCUT2D eigenvalue weighted by atomic mass is 9.96. The van der Waals surface area contributed by atoms with Crippen molar-refractivity contribution in [2.75, 3.05) is 0 Å². The van der Waals surface area contributed by atoms with Crippen molar-refractivity contribution in [1.29, 1.82) is 0 Å². The van der Waals surface area contributed by atoms with Crippen molar-refractivity contribution in [1.82, 2.24) is 0 Å². The van der Waals surface area contributed by atoms with Crippen LogP contribution in [0.3, 0.4) is 0 Å². The van der Waals surface area contributed by atoms with Crippen LogP contribution in [0, 0.1) is 0 Å². The lowest BCUT2D eigenvalue weighted by molar-refractivity contribution is 0.845. The molecule has 0 radical (unpaired) electrons. The fraction of sp³-hybridized carbons (Fsp3) is 0.455. The fourth-order valence-electron chi connectivity index (χ4n) is 1.40. The molecule has 1 heteroatoms. The van der Waals surface area contributed by atoms with Crippen LogP contribution in [-0.4, -0.2) is 0 Å². The predicted molar refractivity (Wildman–Crippen MR) is 63.0 cm³/mol. The first-order valence-corrected chi connectivity index (χ1v) is 5.60. The molecular formula is C11H15I. The van der Waals surface area contributed by atoms with Gasteiger partial charge in [-0.3, -0.25) is 0 Å². The van der Waals surface area contributed by atoms with E-state index in [1.807, 2.05) is 0 Å². The number of hydrogen-bond donors (Lipinski definition) is 0. The van der Waals surface area contributed by atoms with E-state index in [4.69, 9.17) is 0 Å². The summed E-state index contributed by atoms with van der Waals surface area (Å²) >= 11 is 2.47. The van der Waals surface area contributed by atoms with E-state index in [0.29, 0.717) is 9.84 Å². The van der Waals surface area contributed by atoms with Crippen molar-refractivity contribution in [2.45, 2.75) is 30.6 Å². The molecule has 0 aliphatic carbocycles. The van der Waals surface area contributed by atoms with Crippen LogP contribution in [0.5, 0.6) is 0 Å². The van der Waals surface area contributed by atoms with Gasteiger partial charge in [0.25, 0.3) is 0 Å². The van der Waals surface area contributed by atoms with Gasteiger partial charge >= 0.3 is 0 Å². The van der Waals surface area contributed by atoms with Crippen LogP contribution in [-0.2, 0) is 0 Å². The first kappa shape index (κ1) is 10.0. The Morgan fingerprint density at radius 3 is 1.83 bits per heavy atom. The van der Waals surface area contributed by atoms with Gasteiger partial charge < -0.3 is 0 Å². The second-order valence-electron chi connectivity index (χ2n) is 3.40. The molecule has 1 aromatic rings. The molecule has 1 rings (SSSR count). The normalized spacial score (nSPS) is 13.4. The molecule has 0 heterocycles. The van der Waals surface area contributed by atoms with Gasteiger partial charge in [0.15, 0.2) is 0 Å². The highest BCUT2D eigenvalue weighted by Crippen LogP contribution is 2.29. The van der Waals surface area contributed by atoms with E-state index in [2.05, 4.69) is 67.6 Å². The molecule has 0 saturated heterocycles. The number of benzene rings is 1. The molecule has 0 aliphatic heterocycles. The number of alkyl halides is 1. The predicted octanol–water partition coefficient (Wildman–Crippen LogP) is 4.31. The van der Waals surface area contributed by atoms with Crippen LogP contribution in [0.25, 0.3) is 0 Å². The minimum absolute atomic E-state index is 0.612. The van der Waals surface area contributed by atoms with Crippen LogP contribution >= 0.6 is 22.6 Å². The summed E-state index contributed by atoms with van der Waals surface area (Å²) in [6.07, 6.45) is 0. The zero-order valence-corrected chi connectivity index (χ0v) is 10.00. The van der Waals surface area contributed by atoms with Crippen molar-refractivity contribution in [3.8, 4) is 0 Å². The molecule has 1 aromatic carbocycles. The molecule has 0 N–H and O–H groups in total. The minimum atomic E-state index is 0.612. The maximum Gasteiger partial charge on any atom is 0.0334 e. The van der Waals surface area contributed by atoms with Crippen molar-refractivity contribution in [3.05, 3.63) is 35.4 Å². The summed E-state index contributed by atoms with van der Waals surface area (Å²) in [5.41, 5.74) is 2.97. The topological polar surface area (TPSA) is 0 Å². The SMILES string of the molecule is CC(C)c1ccccc1C(C)I. The largest absolute Gasteiger partial charge is 0.0777 e. The van der Waals surface area contributed by atoms with E-state index in [9.17, 15) is 0 Å². The van der Waals surface area contributed by atoms with Gasteiger partial charge in [-0.15, -0.1) is 0 Å². The van der Waals surface area contributed by atoms with Gasteiger partial charge in [-0.1, -0.05) is 60.7 Å². The minimum Gasteiger partial charge on any atom is -0.0777 e. The average molecular weight is 274 g/mol. The average Bonchev–Trinajstić information content (AvgIpc) is 2.04. The zero-order chi connectivity index (χ0) is 9.14. The second kappa shape index (κ2) is 4.26. The second-order valence-corrected chi connectivity index (χ2v) is 5.27. The Bertz CT molecular complexity index is 224. The van der Waals surface area contributed by atoms with Crippen LogP contribution in [0.1, 0.15) is 41.7 Å². The highest BCUT2D eigenvalue weighted by atomic mass is 127. The molecule has 0 bridgehead atoms. The van der Waals surface area contributed by atoms with Crippen molar-refractivity contribution >= 4 is 22.6 Å². The summed E-state index contributed by atoms with van der Waals surface area (Å²) in [4.78, 5) is 0. The Morgan fingerprint density at radius 1 is 1.00 bits per heavy atom. The lowest BCUT2D eigenvalue weighted by Gasteiger charge is -2.13. The van der Waals surface area contributed by atoms with Crippen molar-refractivity contribution < 1.29 is 0 Å². The highest BCUT2D eigenvalue weighted by Gasteiger charge is 2.08. The van der Waals surface area contributed by atoms with Gasteiger partial charge in [0.05, 0.1) is 0 Å². The number of halogens is 1. The highest BCUT2D eigenvalue weighted by molar-refractivity contribution is 14.1. The van der Waals surface area contributed by atoms with E-state index in [1.165, 1.54) is 11.1 Å². The summed E-state index contributed by atoms with van der Waals surface area (Å²) < 4.78 is 0.612. The molecule has 1 atom stereocenters. The Kier molecular flexibility index (Phi) is 3.56. The molecule has 0 fully saturated rings. The molecule has 0 amide bonds.